The predicted molar refractivity (Wildman–Crippen MR) is 77.3 cm³/mol. The van der Waals surface area contributed by atoms with E-state index in [1.807, 2.05) is 13.8 Å². The minimum Gasteiger partial charge on any atom is -0.315 e. The van der Waals surface area contributed by atoms with Crippen LogP contribution in [0.3, 0.4) is 0 Å². The predicted octanol–water partition coefficient (Wildman–Crippen LogP) is 1.82. The van der Waals surface area contributed by atoms with Gasteiger partial charge in [-0.25, -0.2) is 13.1 Å². The van der Waals surface area contributed by atoms with Gasteiger partial charge in [0.25, 0.3) is 0 Å². The number of halogens is 1. The number of thiophene rings is 1. The second-order valence-corrected chi connectivity index (χ2v) is 7.58. The lowest BCUT2D eigenvalue weighted by Gasteiger charge is -2.23. The van der Waals surface area contributed by atoms with Crippen molar-refractivity contribution >= 4 is 33.8 Å². The van der Waals surface area contributed by atoms with E-state index in [1.54, 1.807) is 6.07 Å². The van der Waals surface area contributed by atoms with E-state index in [1.165, 1.54) is 11.3 Å². The van der Waals surface area contributed by atoms with Crippen LogP contribution in [0.5, 0.6) is 0 Å². The molecule has 18 heavy (non-hydrogen) atoms. The van der Waals surface area contributed by atoms with Gasteiger partial charge in [-0.1, -0.05) is 0 Å². The Balaban J connectivity index is 0.00000162. The largest absolute Gasteiger partial charge is 0.315 e. The maximum atomic E-state index is 12.2. The van der Waals surface area contributed by atoms with E-state index in [9.17, 15) is 8.42 Å². The van der Waals surface area contributed by atoms with Crippen LogP contribution in [-0.4, -0.2) is 27.5 Å². The molecule has 2 rings (SSSR count). The molecule has 0 bridgehead atoms. The molecule has 0 aromatic carbocycles. The molecule has 4 nitrogen and oxygen atoms in total. The molecule has 1 aromatic heterocycles. The van der Waals surface area contributed by atoms with Gasteiger partial charge in [0.15, 0.2) is 0 Å². The molecule has 0 aliphatic carbocycles. The third-order valence-electron chi connectivity index (χ3n) is 2.90. The van der Waals surface area contributed by atoms with Gasteiger partial charge in [-0.05, 0) is 39.3 Å². The van der Waals surface area contributed by atoms with E-state index in [4.69, 9.17) is 0 Å². The zero-order valence-electron chi connectivity index (χ0n) is 10.5. The van der Waals surface area contributed by atoms with E-state index in [0.29, 0.717) is 4.90 Å². The van der Waals surface area contributed by atoms with Crippen molar-refractivity contribution in [3.8, 4) is 0 Å². The first kappa shape index (κ1) is 15.9. The van der Waals surface area contributed by atoms with Crippen LogP contribution in [0.25, 0.3) is 0 Å². The van der Waals surface area contributed by atoms with Crippen LogP contribution in [0, 0.1) is 13.8 Å². The third-order valence-corrected chi connectivity index (χ3v) is 5.65. The van der Waals surface area contributed by atoms with Crippen LogP contribution in [0.1, 0.15) is 22.6 Å². The van der Waals surface area contributed by atoms with Gasteiger partial charge < -0.3 is 5.32 Å². The van der Waals surface area contributed by atoms with Crippen molar-refractivity contribution < 1.29 is 8.42 Å². The fraction of sp³-hybridized carbons (Fsp3) is 0.636. The van der Waals surface area contributed by atoms with Crippen LogP contribution < -0.4 is 10.0 Å². The molecule has 1 fully saturated rings. The van der Waals surface area contributed by atoms with E-state index in [2.05, 4.69) is 10.0 Å². The Morgan fingerprint density at radius 3 is 2.67 bits per heavy atom. The summed E-state index contributed by atoms with van der Waals surface area (Å²) < 4.78 is 27.2. The summed E-state index contributed by atoms with van der Waals surface area (Å²) in [6.45, 7) is 5.49. The third kappa shape index (κ3) is 3.68. The topological polar surface area (TPSA) is 58.2 Å². The summed E-state index contributed by atoms with van der Waals surface area (Å²) in [4.78, 5) is 2.33. The highest BCUT2D eigenvalue weighted by Crippen LogP contribution is 2.25. The van der Waals surface area contributed by atoms with E-state index in [0.717, 1.165) is 35.7 Å². The zero-order chi connectivity index (χ0) is 12.5. The molecule has 7 heteroatoms. The molecule has 1 atom stereocenters. The van der Waals surface area contributed by atoms with Crippen LogP contribution in [0.15, 0.2) is 11.0 Å². The molecule has 2 heterocycles. The van der Waals surface area contributed by atoms with E-state index in [-0.39, 0.29) is 18.4 Å². The zero-order valence-corrected chi connectivity index (χ0v) is 13.0. The average molecular weight is 311 g/mol. The number of sulfonamides is 1. The fourth-order valence-corrected chi connectivity index (χ4v) is 4.93. The molecule has 2 N–H and O–H groups in total. The van der Waals surface area contributed by atoms with Gasteiger partial charge in [0, 0.05) is 22.3 Å². The van der Waals surface area contributed by atoms with Crippen molar-refractivity contribution in [2.24, 2.45) is 0 Å². The monoisotopic (exact) mass is 310 g/mol. The Morgan fingerprint density at radius 2 is 2.17 bits per heavy atom. The van der Waals surface area contributed by atoms with Gasteiger partial charge in [0.2, 0.25) is 10.0 Å². The second-order valence-electron chi connectivity index (χ2n) is 4.44. The molecule has 104 valence electrons. The number of hydrogen-bond donors (Lipinski definition) is 2. The Bertz CT molecular complexity index is 493. The smallest absolute Gasteiger partial charge is 0.241 e. The van der Waals surface area contributed by atoms with Gasteiger partial charge in [-0.15, -0.1) is 23.7 Å². The SMILES string of the molecule is Cc1cc(S(=O)(=O)N[C@@H]2CCCNC2)c(C)s1.Cl. The summed E-state index contributed by atoms with van der Waals surface area (Å²) in [7, 11) is -3.35. The highest BCUT2D eigenvalue weighted by molar-refractivity contribution is 7.89. The Labute approximate surface area is 119 Å². The highest BCUT2D eigenvalue weighted by atomic mass is 35.5. The summed E-state index contributed by atoms with van der Waals surface area (Å²) in [6.07, 6.45) is 1.93. The minimum absolute atomic E-state index is 0. The van der Waals surface area contributed by atoms with Gasteiger partial charge in [-0.2, -0.15) is 0 Å². The lowest BCUT2D eigenvalue weighted by atomic mass is 10.1. The maximum absolute atomic E-state index is 12.2. The van der Waals surface area contributed by atoms with Crippen molar-refractivity contribution in [2.45, 2.75) is 37.6 Å². The van der Waals surface area contributed by atoms with Gasteiger partial charge in [0.1, 0.15) is 0 Å². The lowest BCUT2D eigenvalue weighted by Crippen LogP contribution is -2.45. The lowest BCUT2D eigenvalue weighted by molar-refractivity contribution is 0.428. The fourth-order valence-electron chi connectivity index (χ4n) is 2.11. The van der Waals surface area contributed by atoms with Gasteiger partial charge in [0.05, 0.1) is 4.90 Å². The summed E-state index contributed by atoms with van der Waals surface area (Å²) in [5, 5.41) is 3.20. The Morgan fingerprint density at radius 1 is 1.44 bits per heavy atom. The van der Waals surface area contributed by atoms with Crippen LogP contribution in [-0.2, 0) is 10.0 Å². The molecular weight excluding hydrogens is 292 g/mol. The molecule has 1 aliphatic rings. The molecule has 1 aromatic rings. The molecule has 0 spiro atoms. The normalized spacial score (nSPS) is 20.4. The molecule has 0 unspecified atom stereocenters. The molecule has 0 saturated carbocycles. The van der Waals surface area contributed by atoms with Crippen LogP contribution in [0.2, 0.25) is 0 Å². The second kappa shape index (κ2) is 6.34. The summed E-state index contributed by atoms with van der Waals surface area (Å²) >= 11 is 1.52. The molecule has 0 radical (unpaired) electrons. The van der Waals surface area contributed by atoms with Gasteiger partial charge >= 0.3 is 0 Å². The highest BCUT2D eigenvalue weighted by Gasteiger charge is 2.24. The van der Waals surface area contributed by atoms with Crippen molar-refractivity contribution in [3.63, 3.8) is 0 Å². The van der Waals surface area contributed by atoms with Crippen molar-refractivity contribution in [1.29, 1.82) is 0 Å². The molecule has 0 amide bonds. The maximum Gasteiger partial charge on any atom is 0.241 e. The average Bonchev–Trinajstić information content (AvgIpc) is 2.59. The number of rotatable bonds is 3. The van der Waals surface area contributed by atoms with E-state index >= 15 is 0 Å². The first-order valence-electron chi connectivity index (χ1n) is 5.79. The molecular formula is C11H19ClN2O2S2. The van der Waals surface area contributed by atoms with Crippen molar-refractivity contribution in [1.82, 2.24) is 10.0 Å². The Hall–Kier alpha value is -0.140. The summed E-state index contributed by atoms with van der Waals surface area (Å²) in [6, 6.07) is 1.77. The van der Waals surface area contributed by atoms with Crippen molar-refractivity contribution in [2.75, 3.05) is 13.1 Å². The van der Waals surface area contributed by atoms with Crippen LogP contribution >= 0.6 is 23.7 Å². The first-order chi connectivity index (χ1) is 7.99. The summed E-state index contributed by atoms with van der Waals surface area (Å²) in [5.41, 5.74) is 0. The number of piperidine rings is 1. The van der Waals surface area contributed by atoms with Gasteiger partial charge in [-0.3, -0.25) is 0 Å². The number of aryl methyl sites for hydroxylation is 2. The molecule has 1 saturated heterocycles. The first-order valence-corrected chi connectivity index (χ1v) is 8.09. The summed E-state index contributed by atoms with van der Waals surface area (Å²) in [5.74, 6) is 0. The number of hydrogen-bond acceptors (Lipinski definition) is 4. The minimum atomic E-state index is -3.35. The van der Waals surface area contributed by atoms with E-state index < -0.39 is 10.0 Å². The van der Waals surface area contributed by atoms with Crippen LogP contribution in [0.4, 0.5) is 0 Å². The molecule has 1 aliphatic heterocycles. The van der Waals surface area contributed by atoms with Crippen molar-refractivity contribution in [3.05, 3.63) is 15.8 Å². The number of nitrogens with one attached hydrogen (secondary N) is 2. The standard InChI is InChI=1S/C11H18N2O2S2.ClH/c1-8-6-11(9(2)16-8)17(14,15)13-10-4-3-5-12-7-10;/h6,10,12-13H,3-5,7H2,1-2H3;1H/t10-;/m1./s1. The quantitative estimate of drug-likeness (QED) is 0.895. The Kier molecular flexibility index (Phi) is 5.61.